The smallest absolute Gasteiger partial charge is 0.325 e. The summed E-state index contributed by atoms with van der Waals surface area (Å²) in [6.07, 6.45) is 2.83. The number of hydrogen-bond acceptors (Lipinski definition) is 2. The molecule has 0 saturated carbocycles. The number of carboxylic acid groups (broad SMARTS) is 2. The zero-order valence-electron chi connectivity index (χ0n) is 13.8. The van der Waals surface area contributed by atoms with Crippen molar-refractivity contribution < 1.29 is 19.8 Å². The molecule has 3 aromatic rings. The Kier molecular flexibility index (Phi) is 3.62. The number of benzene rings is 3. The summed E-state index contributed by atoms with van der Waals surface area (Å²) in [6, 6.07) is 20.1. The van der Waals surface area contributed by atoms with Gasteiger partial charge in [0.1, 0.15) is 0 Å². The Morgan fingerprint density at radius 1 is 0.808 bits per heavy atom. The highest BCUT2D eigenvalue weighted by molar-refractivity contribution is 6.02. The van der Waals surface area contributed by atoms with Crippen molar-refractivity contribution in [1.29, 1.82) is 0 Å². The van der Waals surface area contributed by atoms with Crippen LogP contribution < -0.4 is 0 Å². The van der Waals surface area contributed by atoms with Crippen LogP contribution >= 0.6 is 0 Å². The predicted octanol–water partition coefficient (Wildman–Crippen LogP) is 4.23. The van der Waals surface area contributed by atoms with Gasteiger partial charge in [-0.15, -0.1) is 0 Å². The van der Waals surface area contributed by atoms with Crippen LogP contribution in [0, 0.1) is 5.41 Å². The molecular weight excluding hydrogens is 328 g/mol. The molecule has 0 spiro atoms. The van der Waals surface area contributed by atoms with Gasteiger partial charge in [0.05, 0.1) is 0 Å². The van der Waals surface area contributed by atoms with Crippen molar-refractivity contribution in [3.63, 3.8) is 0 Å². The van der Waals surface area contributed by atoms with E-state index in [0.29, 0.717) is 0 Å². The summed E-state index contributed by atoms with van der Waals surface area (Å²) in [5.74, 6) is -2.68. The normalized spacial score (nSPS) is 14.8. The van der Waals surface area contributed by atoms with Crippen LogP contribution in [0.2, 0.25) is 0 Å². The first-order chi connectivity index (χ1) is 12.5. The van der Waals surface area contributed by atoms with Crippen molar-refractivity contribution in [2.24, 2.45) is 5.41 Å². The summed E-state index contributed by atoms with van der Waals surface area (Å²) in [4.78, 5) is 23.0. The van der Waals surface area contributed by atoms with Crippen LogP contribution in [0.5, 0.6) is 0 Å². The molecule has 1 aliphatic rings. The first kappa shape index (κ1) is 16.1. The average Bonchev–Trinajstić information content (AvgIpc) is 2.66. The lowest BCUT2D eigenvalue weighted by Gasteiger charge is -2.26. The van der Waals surface area contributed by atoms with E-state index >= 15 is 0 Å². The molecule has 4 nitrogen and oxygen atoms in total. The van der Waals surface area contributed by atoms with E-state index in [1.807, 2.05) is 30.3 Å². The minimum atomic E-state index is -1.89. The van der Waals surface area contributed by atoms with Gasteiger partial charge >= 0.3 is 11.9 Å². The molecule has 0 aromatic heterocycles. The van der Waals surface area contributed by atoms with Gasteiger partial charge in [0, 0.05) is 6.42 Å². The summed E-state index contributed by atoms with van der Waals surface area (Å²) >= 11 is 0. The molecule has 0 amide bonds. The fraction of sp³-hybridized carbons (Fsp3) is 0.0909. The molecule has 0 fully saturated rings. The monoisotopic (exact) mass is 344 g/mol. The van der Waals surface area contributed by atoms with Crippen molar-refractivity contribution in [3.05, 3.63) is 77.9 Å². The Bertz CT molecular complexity index is 1060. The quantitative estimate of drug-likeness (QED) is 0.697. The zero-order chi connectivity index (χ0) is 18.3. The number of rotatable bonds is 3. The van der Waals surface area contributed by atoms with Crippen LogP contribution in [0.4, 0.5) is 0 Å². The minimum absolute atomic E-state index is 0.0541. The number of hydrogen-bond donors (Lipinski definition) is 2. The van der Waals surface area contributed by atoms with Crippen LogP contribution in [-0.4, -0.2) is 22.2 Å². The molecule has 0 radical (unpaired) electrons. The SMILES string of the molecule is O=C(O)C1(C(=O)O)C=Cc2cc(-c3ccc4ccccc4c3)ccc2C1. The fourth-order valence-electron chi connectivity index (χ4n) is 3.44. The minimum Gasteiger partial charge on any atom is -0.480 e. The van der Waals surface area contributed by atoms with Crippen LogP contribution in [0.1, 0.15) is 11.1 Å². The highest BCUT2D eigenvalue weighted by Crippen LogP contribution is 2.36. The second-order valence-corrected chi connectivity index (χ2v) is 6.57. The van der Waals surface area contributed by atoms with E-state index in [4.69, 9.17) is 0 Å². The van der Waals surface area contributed by atoms with Crippen molar-refractivity contribution in [2.45, 2.75) is 6.42 Å². The van der Waals surface area contributed by atoms with Crippen molar-refractivity contribution in [1.82, 2.24) is 0 Å². The average molecular weight is 344 g/mol. The Morgan fingerprint density at radius 2 is 1.46 bits per heavy atom. The molecule has 0 atom stereocenters. The third-order valence-corrected chi connectivity index (χ3v) is 5.01. The van der Waals surface area contributed by atoms with E-state index < -0.39 is 17.4 Å². The first-order valence-electron chi connectivity index (χ1n) is 8.28. The molecule has 0 unspecified atom stereocenters. The van der Waals surface area contributed by atoms with Gasteiger partial charge in [0.2, 0.25) is 0 Å². The maximum Gasteiger partial charge on any atom is 0.325 e. The van der Waals surface area contributed by atoms with Crippen molar-refractivity contribution in [3.8, 4) is 11.1 Å². The molecule has 0 saturated heterocycles. The first-order valence-corrected chi connectivity index (χ1v) is 8.28. The molecule has 4 heteroatoms. The molecule has 1 aliphatic carbocycles. The molecule has 0 aliphatic heterocycles. The van der Waals surface area contributed by atoms with Gasteiger partial charge in [-0.25, -0.2) is 0 Å². The Balaban J connectivity index is 1.76. The summed E-state index contributed by atoms with van der Waals surface area (Å²) in [6.45, 7) is 0. The van der Waals surface area contributed by atoms with Crippen LogP contribution in [0.3, 0.4) is 0 Å². The molecule has 0 bridgehead atoms. The van der Waals surface area contributed by atoms with E-state index in [9.17, 15) is 19.8 Å². The topological polar surface area (TPSA) is 74.6 Å². The van der Waals surface area contributed by atoms with Crippen LogP contribution in [-0.2, 0) is 16.0 Å². The van der Waals surface area contributed by atoms with Gasteiger partial charge in [-0.2, -0.15) is 0 Å². The van der Waals surface area contributed by atoms with Crippen LogP contribution in [0.25, 0.3) is 28.0 Å². The van der Waals surface area contributed by atoms with E-state index in [-0.39, 0.29) is 6.42 Å². The Labute approximate surface area is 150 Å². The standard InChI is InChI=1S/C22H16O4/c23-20(24)22(21(25)26)10-9-18-12-17(7-8-19(18)13-22)16-6-5-14-3-1-2-4-15(14)11-16/h1-12H,13H2,(H,23,24)(H,25,26). The molecule has 2 N–H and O–H groups in total. The molecule has 26 heavy (non-hydrogen) atoms. The largest absolute Gasteiger partial charge is 0.480 e. The number of aliphatic carboxylic acids is 2. The van der Waals surface area contributed by atoms with E-state index in [2.05, 4.69) is 30.3 Å². The number of carboxylic acids is 2. The van der Waals surface area contributed by atoms with Gasteiger partial charge in [-0.1, -0.05) is 60.7 Å². The Hall–Kier alpha value is -3.40. The maximum absolute atomic E-state index is 11.5. The molecule has 0 heterocycles. The summed E-state index contributed by atoms with van der Waals surface area (Å²) in [7, 11) is 0. The molecule has 128 valence electrons. The number of carbonyl (C=O) groups is 2. The summed E-state index contributed by atoms with van der Waals surface area (Å²) < 4.78 is 0. The third kappa shape index (κ3) is 2.47. The fourth-order valence-corrected chi connectivity index (χ4v) is 3.44. The van der Waals surface area contributed by atoms with Gasteiger partial charge < -0.3 is 10.2 Å². The predicted molar refractivity (Wildman–Crippen MR) is 99.8 cm³/mol. The van der Waals surface area contributed by atoms with E-state index in [1.54, 1.807) is 6.08 Å². The van der Waals surface area contributed by atoms with Gasteiger partial charge in [-0.3, -0.25) is 9.59 Å². The third-order valence-electron chi connectivity index (χ3n) is 5.01. The molecule has 3 aromatic carbocycles. The van der Waals surface area contributed by atoms with Gasteiger partial charge in [0.25, 0.3) is 0 Å². The van der Waals surface area contributed by atoms with Crippen molar-refractivity contribution in [2.75, 3.05) is 0 Å². The maximum atomic E-state index is 11.5. The van der Waals surface area contributed by atoms with Crippen LogP contribution in [0.15, 0.2) is 66.7 Å². The Morgan fingerprint density at radius 3 is 2.19 bits per heavy atom. The van der Waals surface area contributed by atoms with Gasteiger partial charge in [0.15, 0.2) is 5.41 Å². The summed E-state index contributed by atoms with van der Waals surface area (Å²) in [5, 5.41) is 21.1. The van der Waals surface area contributed by atoms with Crippen molar-refractivity contribution >= 4 is 28.8 Å². The van der Waals surface area contributed by atoms with E-state index in [1.165, 1.54) is 11.5 Å². The van der Waals surface area contributed by atoms with E-state index in [0.717, 1.165) is 27.6 Å². The second-order valence-electron chi connectivity index (χ2n) is 6.57. The zero-order valence-corrected chi connectivity index (χ0v) is 13.8. The lowest BCUT2D eigenvalue weighted by atomic mass is 9.76. The molecule has 4 rings (SSSR count). The number of fused-ring (bicyclic) bond motifs is 2. The molecular formula is C22H16O4. The highest BCUT2D eigenvalue weighted by atomic mass is 16.4. The lowest BCUT2D eigenvalue weighted by molar-refractivity contribution is -0.160. The van der Waals surface area contributed by atoms with Gasteiger partial charge in [-0.05, 0) is 45.2 Å². The lowest BCUT2D eigenvalue weighted by Crippen LogP contribution is -2.40. The second kappa shape index (κ2) is 5.85. The highest BCUT2D eigenvalue weighted by Gasteiger charge is 2.46. The summed E-state index contributed by atoms with van der Waals surface area (Å²) in [5.41, 5.74) is 1.76.